The molecule has 1 atom stereocenters. The minimum absolute atomic E-state index is 0.857. The molecular weight excluding hydrogens is 348 g/mol. The van der Waals surface area contributed by atoms with Gasteiger partial charge < -0.3 is 0 Å². The molecule has 0 aliphatic carbocycles. The van der Waals surface area contributed by atoms with Crippen molar-refractivity contribution in [1.82, 2.24) is 0 Å². The summed E-state index contributed by atoms with van der Waals surface area (Å²) in [7, 11) is 0. The average molecular weight is 403 g/mol. The van der Waals surface area contributed by atoms with E-state index in [1.165, 1.54) is 122 Å². The summed E-state index contributed by atoms with van der Waals surface area (Å²) in [4.78, 5) is 0. The predicted octanol–water partition coefficient (Wildman–Crippen LogP) is 10.3. The van der Waals surface area contributed by atoms with E-state index in [0.717, 1.165) is 31.6 Å². The van der Waals surface area contributed by atoms with Crippen LogP contribution in [0.1, 0.15) is 155 Å². The molecule has 0 aliphatic rings. The molecule has 0 aromatic rings. The van der Waals surface area contributed by atoms with Crippen LogP contribution in [0.25, 0.3) is 0 Å². The molecule has 170 valence electrons. The highest BCUT2D eigenvalue weighted by molar-refractivity contribution is 4.98. The van der Waals surface area contributed by atoms with Crippen LogP contribution in [-0.2, 0) is 0 Å². The smallest absolute Gasteiger partial charge is 0.00912 e. The number of rotatable bonds is 22. The van der Waals surface area contributed by atoms with Gasteiger partial charge >= 0.3 is 0 Å². The van der Waals surface area contributed by atoms with Gasteiger partial charge in [0.15, 0.2) is 0 Å². The Morgan fingerprint density at radius 2 is 0.828 bits per heavy atom. The van der Waals surface area contributed by atoms with E-state index in [9.17, 15) is 0 Å². The van der Waals surface area contributed by atoms with Crippen LogP contribution >= 0.6 is 0 Å². The lowest BCUT2D eigenvalue weighted by molar-refractivity contribution is 0.459. The van der Waals surface area contributed by atoms with Crippen LogP contribution < -0.4 is 0 Å². The molecule has 0 N–H and O–H groups in total. The van der Waals surface area contributed by atoms with Crippen LogP contribution in [0.3, 0.4) is 0 Å². The Morgan fingerprint density at radius 3 is 1.31 bits per heavy atom. The summed E-state index contributed by atoms with van der Waals surface area (Å²) >= 11 is 0. The maximum absolute atomic E-state index is 3.91. The summed E-state index contributed by atoms with van der Waals surface area (Å²) in [6.07, 6.45) is 30.9. The van der Waals surface area contributed by atoms with Crippen molar-refractivity contribution in [2.24, 2.45) is 5.92 Å². The van der Waals surface area contributed by atoms with Gasteiger partial charge in [-0.3, -0.25) is 0 Å². The highest BCUT2D eigenvalue weighted by atomic mass is 14.1. The van der Waals surface area contributed by atoms with Gasteiger partial charge in [-0.15, -0.1) is 11.8 Å². The summed E-state index contributed by atoms with van der Waals surface area (Å²) in [6, 6.07) is 0. The molecule has 0 fully saturated rings. The standard InChI is InChI=1S/C29H54/c1-4-6-8-10-12-14-16-17-18-20-22-24-26-28-29(3)27-25-23-21-19-15-13-11-9-7-5-2/h29H,1-2,4-21,23,25-28H2,3H3. The van der Waals surface area contributed by atoms with Crippen molar-refractivity contribution in [1.29, 1.82) is 0 Å². The van der Waals surface area contributed by atoms with Crippen molar-refractivity contribution >= 4 is 0 Å². The fourth-order valence-electron chi connectivity index (χ4n) is 4.00. The second-order valence-corrected chi connectivity index (χ2v) is 9.25. The lowest BCUT2D eigenvalue weighted by Gasteiger charge is -2.09. The molecule has 0 rings (SSSR count). The zero-order valence-electron chi connectivity index (χ0n) is 20.3. The van der Waals surface area contributed by atoms with E-state index in [0.29, 0.717) is 0 Å². The van der Waals surface area contributed by atoms with Gasteiger partial charge in [-0.2, -0.15) is 0 Å². The zero-order valence-corrected chi connectivity index (χ0v) is 20.3. The number of hydrogen-bond donors (Lipinski definition) is 0. The Hall–Kier alpha value is -0.440. The van der Waals surface area contributed by atoms with E-state index in [1.54, 1.807) is 0 Å². The first kappa shape index (κ1) is 28.6. The molecule has 0 heteroatoms. The molecule has 0 saturated heterocycles. The quantitative estimate of drug-likeness (QED) is 0.125. The van der Waals surface area contributed by atoms with Crippen LogP contribution in [-0.4, -0.2) is 0 Å². The van der Waals surface area contributed by atoms with Gasteiger partial charge in [0.1, 0.15) is 0 Å². The maximum Gasteiger partial charge on any atom is 0.00912 e. The van der Waals surface area contributed by atoms with Gasteiger partial charge in [0.25, 0.3) is 0 Å². The Balaban J connectivity index is 3.25. The number of hydrogen-bond acceptors (Lipinski definition) is 0. The average Bonchev–Trinajstić information content (AvgIpc) is 2.72. The third-order valence-corrected chi connectivity index (χ3v) is 6.14. The molecule has 0 saturated carbocycles. The topological polar surface area (TPSA) is 0 Å². The van der Waals surface area contributed by atoms with Crippen molar-refractivity contribution in [3.63, 3.8) is 0 Å². The monoisotopic (exact) mass is 402 g/mol. The van der Waals surface area contributed by atoms with E-state index in [1.807, 2.05) is 0 Å². The highest BCUT2D eigenvalue weighted by Crippen LogP contribution is 2.17. The minimum atomic E-state index is 0.857. The predicted molar refractivity (Wildman–Crippen MR) is 134 cm³/mol. The lowest BCUT2D eigenvalue weighted by Crippen LogP contribution is -1.94. The molecule has 29 heavy (non-hydrogen) atoms. The van der Waals surface area contributed by atoms with E-state index < -0.39 is 0 Å². The maximum atomic E-state index is 3.91. The summed E-state index contributed by atoms with van der Waals surface area (Å²) in [5.41, 5.74) is 0. The first-order valence-electron chi connectivity index (χ1n) is 13.4. The second kappa shape index (κ2) is 25.6. The van der Waals surface area contributed by atoms with E-state index in [-0.39, 0.29) is 0 Å². The van der Waals surface area contributed by atoms with Crippen LogP contribution in [0.15, 0.2) is 0 Å². The van der Waals surface area contributed by atoms with Crippen molar-refractivity contribution in [2.45, 2.75) is 155 Å². The van der Waals surface area contributed by atoms with Gasteiger partial charge in [-0.1, -0.05) is 143 Å². The number of unbranched alkanes of at least 4 members (excludes halogenated alkanes) is 18. The third-order valence-electron chi connectivity index (χ3n) is 6.14. The Bertz CT molecular complexity index is 345. The van der Waals surface area contributed by atoms with Crippen molar-refractivity contribution in [2.75, 3.05) is 0 Å². The summed E-state index contributed by atoms with van der Waals surface area (Å²) in [5.74, 6) is 7.69. The van der Waals surface area contributed by atoms with Gasteiger partial charge in [0, 0.05) is 12.8 Å². The molecule has 0 aliphatic heterocycles. The SMILES string of the molecule is [CH2]CCCCCCCCCCC#CCCC(C)CCCCCCCCCCC[CH2]. The first-order chi connectivity index (χ1) is 14.3. The summed E-state index contributed by atoms with van der Waals surface area (Å²) in [6.45, 7) is 10.2. The molecule has 0 aromatic heterocycles. The molecule has 1 unspecified atom stereocenters. The largest absolute Gasteiger partial charge is 0.103 e. The second-order valence-electron chi connectivity index (χ2n) is 9.25. The highest BCUT2D eigenvalue weighted by Gasteiger charge is 2.01. The molecule has 0 amide bonds. The Morgan fingerprint density at radius 1 is 0.448 bits per heavy atom. The lowest BCUT2D eigenvalue weighted by atomic mass is 9.97. The minimum Gasteiger partial charge on any atom is -0.103 e. The molecule has 2 radical (unpaired) electrons. The van der Waals surface area contributed by atoms with E-state index in [4.69, 9.17) is 0 Å². The van der Waals surface area contributed by atoms with Crippen LogP contribution in [0, 0.1) is 31.6 Å². The van der Waals surface area contributed by atoms with Crippen LogP contribution in [0.5, 0.6) is 0 Å². The Kier molecular flexibility index (Phi) is 25.2. The first-order valence-corrected chi connectivity index (χ1v) is 13.4. The fourth-order valence-corrected chi connectivity index (χ4v) is 4.00. The summed E-state index contributed by atoms with van der Waals surface area (Å²) in [5, 5.41) is 0. The van der Waals surface area contributed by atoms with Crippen molar-refractivity contribution in [3.05, 3.63) is 13.8 Å². The Labute approximate surface area is 186 Å². The van der Waals surface area contributed by atoms with Gasteiger partial charge in [-0.05, 0) is 18.8 Å². The van der Waals surface area contributed by atoms with Gasteiger partial charge in [-0.25, -0.2) is 0 Å². The van der Waals surface area contributed by atoms with Gasteiger partial charge in [0.2, 0.25) is 0 Å². The molecular formula is C29H54. The van der Waals surface area contributed by atoms with Crippen LogP contribution in [0.2, 0.25) is 0 Å². The van der Waals surface area contributed by atoms with Crippen LogP contribution in [0.4, 0.5) is 0 Å². The zero-order chi connectivity index (χ0) is 21.3. The molecule has 0 spiro atoms. The normalized spacial score (nSPS) is 12.0. The molecule has 0 heterocycles. The third kappa shape index (κ3) is 25.5. The van der Waals surface area contributed by atoms with Crippen molar-refractivity contribution in [3.8, 4) is 11.8 Å². The van der Waals surface area contributed by atoms with Crippen molar-refractivity contribution < 1.29 is 0 Å². The molecule has 0 nitrogen and oxygen atoms in total. The van der Waals surface area contributed by atoms with E-state index in [2.05, 4.69) is 32.6 Å². The molecule has 0 bridgehead atoms. The molecule has 0 aromatic carbocycles. The van der Waals surface area contributed by atoms with Gasteiger partial charge in [0.05, 0.1) is 0 Å². The van der Waals surface area contributed by atoms with E-state index >= 15 is 0 Å². The summed E-state index contributed by atoms with van der Waals surface area (Å²) < 4.78 is 0. The fraction of sp³-hybridized carbons (Fsp3) is 0.862.